The van der Waals surface area contributed by atoms with E-state index in [1.165, 1.54) is 0 Å². The van der Waals surface area contributed by atoms with Gasteiger partial charge in [-0.25, -0.2) is 0 Å². The molecule has 5 unspecified atom stereocenters. The first-order valence-corrected chi connectivity index (χ1v) is 4.39. The summed E-state index contributed by atoms with van der Waals surface area (Å²) in [6.07, 6.45) is 1.94. The average Bonchev–Trinajstić information content (AvgIpc) is 2.24. The third kappa shape index (κ3) is 0.338. The van der Waals surface area contributed by atoms with Crippen LogP contribution in [0.25, 0.3) is 0 Å². The molecule has 0 radical (unpaired) electrons. The quantitative estimate of drug-likeness (QED) is 0.534. The standard InChI is InChI=1S/C9H14O2/c1-7(10)4-5-3-6-8(5,2)9(6,7)11/h5-6,10-11H,3-4H2,1-2H3. The maximum absolute atomic E-state index is 10.1. The van der Waals surface area contributed by atoms with Gasteiger partial charge in [-0.2, -0.15) is 0 Å². The predicted molar refractivity (Wildman–Crippen MR) is 39.9 cm³/mol. The highest BCUT2D eigenvalue weighted by molar-refractivity contribution is 5.41. The lowest BCUT2D eigenvalue weighted by molar-refractivity contribution is -0.0923. The van der Waals surface area contributed by atoms with Gasteiger partial charge in [-0.1, -0.05) is 6.92 Å². The van der Waals surface area contributed by atoms with Crippen molar-refractivity contribution < 1.29 is 10.2 Å². The molecule has 2 nitrogen and oxygen atoms in total. The van der Waals surface area contributed by atoms with Crippen LogP contribution < -0.4 is 0 Å². The number of rotatable bonds is 0. The van der Waals surface area contributed by atoms with Crippen LogP contribution in [0.1, 0.15) is 26.7 Å². The molecule has 5 atom stereocenters. The molecule has 0 heterocycles. The lowest BCUT2D eigenvalue weighted by atomic mass is 9.71. The van der Waals surface area contributed by atoms with Crippen molar-refractivity contribution in [1.82, 2.24) is 0 Å². The Morgan fingerprint density at radius 3 is 2.09 bits per heavy atom. The molecule has 2 N–H and O–H groups in total. The van der Waals surface area contributed by atoms with E-state index < -0.39 is 11.2 Å². The Bertz CT molecular complexity index is 235. The van der Waals surface area contributed by atoms with Gasteiger partial charge in [-0.15, -0.1) is 0 Å². The lowest BCUT2D eigenvalue weighted by Crippen LogP contribution is -2.43. The van der Waals surface area contributed by atoms with Crippen molar-refractivity contribution in [3.05, 3.63) is 0 Å². The Morgan fingerprint density at radius 1 is 1.27 bits per heavy atom. The van der Waals surface area contributed by atoms with Crippen LogP contribution in [0.5, 0.6) is 0 Å². The fourth-order valence-corrected chi connectivity index (χ4v) is 3.98. The van der Waals surface area contributed by atoms with Gasteiger partial charge < -0.3 is 10.2 Å². The zero-order valence-corrected chi connectivity index (χ0v) is 6.96. The highest BCUT2D eigenvalue weighted by atomic mass is 16.4. The normalized spacial score (nSPS) is 77.5. The summed E-state index contributed by atoms with van der Waals surface area (Å²) in [5, 5.41) is 20.0. The molecule has 3 aliphatic carbocycles. The third-order valence-corrected chi connectivity index (χ3v) is 4.80. The lowest BCUT2D eigenvalue weighted by Gasteiger charge is -2.35. The molecule has 3 saturated carbocycles. The molecule has 3 fully saturated rings. The first-order chi connectivity index (χ1) is 4.94. The van der Waals surface area contributed by atoms with Gasteiger partial charge in [0.05, 0.1) is 5.60 Å². The predicted octanol–water partition coefficient (Wildman–Crippen LogP) is 0.528. The van der Waals surface area contributed by atoms with Crippen LogP contribution in [0.3, 0.4) is 0 Å². The van der Waals surface area contributed by atoms with Crippen molar-refractivity contribution >= 4 is 0 Å². The van der Waals surface area contributed by atoms with E-state index in [1.807, 2.05) is 0 Å². The molecule has 3 rings (SSSR count). The fraction of sp³-hybridized carbons (Fsp3) is 1.00. The Balaban J connectivity index is 2.13. The molecule has 0 bridgehead atoms. The summed E-state index contributed by atoms with van der Waals surface area (Å²) < 4.78 is 0. The summed E-state index contributed by atoms with van der Waals surface area (Å²) in [4.78, 5) is 0. The molecular formula is C9H14O2. The summed E-state index contributed by atoms with van der Waals surface area (Å²) >= 11 is 0. The van der Waals surface area contributed by atoms with Crippen molar-refractivity contribution in [2.45, 2.75) is 37.9 Å². The highest BCUT2D eigenvalue weighted by Gasteiger charge is 2.92. The monoisotopic (exact) mass is 154 g/mol. The van der Waals surface area contributed by atoms with Gasteiger partial charge in [0.1, 0.15) is 5.60 Å². The van der Waals surface area contributed by atoms with Gasteiger partial charge in [-0.3, -0.25) is 0 Å². The molecule has 0 aliphatic heterocycles. The van der Waals surface area contributed by atoms with E-state index in [-0.39, 0.29) is 5.41 Å². The third-order valence-electron chi connectivity index (χ3n) is 4.80. The molecular weight excluding hydrogens is 140 g/mol. The topological polar surface area (TPSA) is 40.5 Å². The van der Waals surface area contributed by atoms with Crippen molar-refractivity contribution in [1.29, 1.82) is 0 Å². The molecule has 11 heavy (non-hydrogen) atoms. The van der Waals surface area contributed by atoms with Crippen LogP contribution in [0.15, 0.2) is 0 Å². The summed E-state index contributed by atoms with van der Waals surface area (Å²) in [6.45, 7) is 3.90. The smallest absolute Gasteiger partial charge is 0.102 e. The van der Waals surface area contributed by atoms with E-state index in [1.54, 1.807) is 6.92 Å². The molecule has 0 aromatic rings. The van der Waals surface area contributed by atoms with E-state index in [4.69, 9.17) is 0 Å². The Kier molecular flexibility index (Phi) is 0.688. The highest BCUT2D eigenvalue weighted by Crippen LogP contribution is 2.86. The van der Waals surface area contributed by atoms with Crippen molar-refractivity contribution in [3.8, 4) is 0 Å². The van der Waals surface area contributed by atoms with Crippen LogP contribution in [-0.4, -0.2) is 21.4 Å². The molecule has 0 aromatic carbocycles. The minimum atomic E-state index is -0.796. The summed E-state index contributed by atoms with van der Waals surface area (Å²) in [5.41, 5.74) is -1.42. The molecule has 2 heteroatoms. The van der Waals surface area contributed by atoms with Gasteiger partial charge >= 0.3 is 0 Å². The zero-order chi connectivity index (χ0) is 8.07. The van der Waals surface area contributed by atoms with Crippen LogP contribution in [-0.2, 0) is 0 Å². The van der Waals surface area contributed by atoms with Crippen LogP contribution in [0, 0.1) is 17.3 Å². The Hall–Kier alpha value is -0.0800. The Morgan fingerprint density at radius 2 is 1.91 bits per heavy atom. The van der Waals surface area contributed by atoms with E-state index in [0.29, 0.717) is 11.8 Å². The van der Waals surface area contributed by atoms with Crippen LogP contribution in [0.2, 0.25) is 0 Å². The van der Waals surface area contributed by atoms with E-state index in [0.717, 1.165) is 12.8 Å². The molecule has 62 valence electrons. The van der Waals surface area contributed by atoms with Crippen molar-refractivity contribution in [2.75, 3.05) is 0 Å². The summed E-state index contributed by atoms with van der Waals surface area (Å²) in [5.74, 6) is 0.997. The van der Waals surface area contributed by atoms with Gasteiger partial charge in [0, 0.05) is 5.41 Å². The molecule has 0 amide bonds. The number of fused-ring (bicyclic) bond motifs is 1. The van der Waals surface area contributed by atoms with Crippen molar-refractivity contribution in [2.24, 2.45) is 17.3 Å². The average molecular weight is 154 g/mol. The van der Waals surface area contributed by atoms with Gasteiger partial charge in [0.15, 0.2) is 0 Å². The molecule has 0 spiro atoms. The number of hydrogen-bond acceptors (Lipinski definition) is 2. The minimum Gasteiger partial charge on any atom is -0.387 e. The maximum atomic E-state index is 10.1. The van der Waals surface area contributed by atoms with E-state index >= 15 is 0 Å². The molecule has 3 aliphatic rings. The fourth-order valence-electron chi connectivity index (χ4n) is 3.98. The maximum Gasteiger partial charge on any atom is 0.102 e. The molecule has 0 aromatic heterocycles. The van der Waals surface area contributed by atoms with E-state index in [9.17, 15) is 10.2 Å². The van der Waals surface area contributed by atoms with Gasteiger partial charge in [-0.05, 0) is 31.6 Å². The second kappa shape index (κ2) is 1.17. The second-order valence-corrected chi connectivity index (χ2v) is 5.01. The van der Waals surface area contributed by atoms with Crippen LogP contribution in [0.4, 0.5) is 0 Å². The van der Waals surface area contributed by atoms with Crippen LogP contribution >= 0.6 is 0 Å². The number of aliphatic hydroxyl groups is 2. The van der Waals surface area contributed by atoms with Gasteiger partial charge in [0.25, 0.3) is 0 Å². The number of hydrogen-bond donors (Lipinski definition) is 2. The SMILES string of the molecule is CC1(O)CC2CC3C2(C)C31O. The minimum absolute atomic E-state index is 0.0938. The van der Waals surface area contributed by atoms with Gasteiger partial charge in [0.2, 0.25) is 0 Å². The van der Waals surface area contributed by atoms with Crippen molar-refractivity contribution in [3.63, 3.8) is 0 Å². The zero-order valence-electron chi connectivity index (χ0n) is 6.96. The summed E-state index contributed by atoms with van der Waals surface area (Å²) in [6, 6.07) is 0. The second-order valence-electron chi connectivity index (χ2n) is 5.01. The summed E-state index contributed by atoms with van der Waals surface area (Å²) in [7, 11) is 0. The largest absolute Gasteiger partial charge is 0.387 e. The van der Waals surface area contributed by atoms with E-state index in [2.05, 4.69) is 6.92 Å². The first-order valence-electron chi connectivity index (χ1n) is 4.39. The first kappa shape index (κ1) is 6.44. The Labute approximate surface area is 66.2 Å². The molecule has 0 saturated heterocycles.